The first-order chi connectivity index (χ1) is 12.9. The van der Waals surface area contributed by atoms with Gasteiger partial charge in [0.05, 0.1) is 0 Å². The molecule has 2 heteroatoms. The van der Waals surface area contributed by atoms with Gasteiger partial charge in [0.25, 0.3) is 0 Å². The van der Waals surface area contributed by atoms with Crippen LogP contribution in [0, 0.1) is 0 Å². The standard InChI is InChI=1S/C24H18OS/c1-3-12-20-15(7-1)17-10-5-11-18(24(17)25-20)16-9-6-14-22-23(16)19-8-2-4-13-21(19)26-22/h1-8,10-16,20H,9H2. The molecular formula is C24H18OS. The number of rotatable bonds is 1. The van der Waals surface area contributed by atoms with Crippen LogP contribution >= 0.6 is 11.3 Å². The molecule has 3 atom stereocenters. The molecule has 0 bridgehead atoms. The van der Waals surface area contributed by atoms with E-state index in [1.54, 1.807) is 0 Å². The van der Waals surface area contributed by atoms with Gasteiger partial charge in [0.2, 0.25) is 0 Å². The number of para-hydroxylation sites is 1. The minimum Gasteiger partial charge on any atom is -0.485 e. The topological polar surface area (TPSA) is 9.23 Å². The zero-order chi connectivity index (χ0) is 17.1. The molecule has 126 valence electrons. The van der Waals surface area contributed by atoms with Crippen molar-refractivity contribution < 1.29 is 4.74 Å². The van der Waals surface area contributed by atoms with Gasteiger partial charge >= 0.3 is 0 Å². The number of benzene rings is 2. The lowest BCUT2D eigenvalue weighted by atomic mass is 9.82. The fraction of sp³-hybridized carbons (Fsp3) is 0.167. The van der Waals surface area contributed by atoms with Crippen LogP contribution in [-0.2, 0) is 0 Å². The van der Waals surface area contributed by atoms with Crippen LogP contribution in [-0.4, -0.2) is 6.10 Å². The first-order valence-electron chi connectivity index (χ1n) is 9.22. The van der Waals surface area contributed by atoms with Crippen molar-refractivity contribution in [1.82, 2.24) is 0 Å². The highest BCUT2D eigenvalue weighted by molar-refractivity contribution is 7.20. The molecule has 0 spiro atoms. The summed E-state index contributed by atoms with van der Waals surface area (Å²) in [6.45, 7) is 0. The molecule has 2 aliphatic carbocycles. The highest BCUT2D eigenvalue weighted by Gasteiger charge is 2.36. The molecule has 0 N–H and O–H groups in total. The Morgan fingerprint density at radius 2 is 1.81 bits per heavy atom. The van der Waals surface area contributed by atoms with Crippen molar-refractivity contribution in [3.05, 3.63) is 94.4 Å². The second kappa shape index (κ2) is 5.46. The number of hydrogen-bond acceptors (Lipinski definition) is 2. The molecule has 0 radical (unpaired) electrons. The maximum Gasteiger partial charge on any atom is 0.128 e. The third-order valence-electron chi connectivity index (χ3n) is 5.80. The normalized spacial score (nSPS) is 25.0. The summed E-state index contributed by atoms with van der Waals surface area (Å²) < 4.78 is 7.82. The highest BCUT2D eigenvalue weighted by Crippen LogP contribution is 2.50. The van der Waals surface area contributed by atoms with Crippen molar-refractivity contribution in [2.24, 2.45) is 0 Å². The Morgan fingerprint density at radius 3 is 2.81 bits per heavy atom. The molecule has 2 aromatic carbocycles. The molecule has 3 aliphatic rings. The first-order valence-corrected chi connectivity index (χ1v) is 10.0. The van der Waals surface area contributed by atoms with Crippen molar-refractivity contribution in [3.8, 4) is 5.75 Å². The molecule has 1 aromatic heterocycles. The average Bonchev–Trinajstić information content (AvgIpc) is 3.26. The molecule has 2 heterocycles. The maximum absolute atomic E-state index is 6.44. The van der Waals surface area contributed by atoms with Crippen LogP contribution in [0.15, 0.2) is 72.8 Å². The molecule has 3 aromatic rings. The molecule has 0 saturated carbocycles. The fourth-order valence-corrected chi connectivity index (χ4v) is 5.84. The van der Waals surface area contributed by atoms with Crippen LogP contribution in [0.25, 0.3) is 16.2 Å². The van der Waals surface area contributed by atoms with Gasteiger partial charge in [-0.3, -0.25) is 0 Å². The molecule has 0 fully saturated rings. The Hall–Kier alpha value is -2.58. The van der Waals surface area contributed by atoms with Crippen molar-refractivity contribution in [1.29, 1.82) is 0 Å². The third kappa shape index (κ3) is 1.96. The van der Waals surface area contributed by atoms with Gasteiger partial charge in [0.15, 0.2) is 0 Å². The monoisotopic (exact) mass is 354 g/mol. The Balaban J connectivity index is 1.55. The van der Waals surface area contributed by atoms with Gasteiger partial charge in [-0.2, -0.15) is 0 Å². The van der Waals surface area contributed by atoms with E-state index in [-0.39, 0.29) is 6.10 Å². The van der Waals surface area contributed by atoms with Crippen LogP contribution in [0.3, 0.4) is 0 Å². The van der Waals surface area contributed by atoms with Crippen LogP contribution in [0.2, 0.25) is 0 Å². The number of ether oxygens (including phenoxy) is 1. The Morgan fingerprint density at radius 1 is 0.923 bits per heavy atom. The molecule has 1 nitrogen and oxygen atoms in total. The lowest BCUT2D eigenvalue weighted by molar-refractivity contribution is 0.266. The van der Waals surface area contributed by atoms with E-state index in [1.165, 1.54) is 31.7 Å². The quantitative estimate of drug-likeness (QED) is 0.490. The van der Waals surface area contributed by atoms with E-state index in [4.69, 9.17) is 4.74 Å². The lowest BCUT2D eigenvalue weighted by Crippen LogP contribution is -2.15. The minimum absolute atomic E-state index is 0.147. The lowest BCUT2D eigenvalue weighted by Gasteiger charge is -2.22. The summed E-state index contributed by atoms with van der Waals surface area (Å²) in [6.07, 6.45) is 14.5. The molecule has 3 unspecified atom stereocenters. The van der Waals surface area contributed by atoms with E-state index in [9.17, 15) is 0 Å². The summed E-state index contributed by atoms with van der Waals surface area (Å²) in [7, 11) is 0. The second-order valence-corrected chi connectivity index (χ2v) is 8.29. The van der Waals surface area contributed by atoms with E-state index in [0.717, 1.165) is 12.2 Å². The van der Waals surface area contributed by atoms with E-state index < -0.39 is 0 Å². The molecule has 26 heavy (non-hydrogen) atoms. The first kappa shape index (κ1) is 14.6. The van der Waals surface area contributed by atoms with Gasteiger partial charge in [-0.25, -0.2) is 0 Å². The number of allylic oxidation sites excluding steroid dienone is 3. The van der Waals surface area contributed by atoms with Gasteiger partial charge in [0.1, 0.15) is 11.9 Å². The minimum atomic E-state index is 0.147. The molecule has 6 rings (SSSR count). The molecule has 0 amide bonds. The third-order valence-corrected chi connectivity index (χ3v) is 6.95. The van der Waals surface area contributed by atoms with E-state index in [0.29, 0.717) is 11.8 Å². The fourth-order valence-electron chi connectivity index (χ4n) is 4.64. The maximum atomic E-state index is 6.44. The molecule has 1 aliphatic heterocycles. The number of fused-ring (bicyclic) bond motifs is 6. The summed E-state index contributed by atoms with van der Waals surface area (Å²) >= 11 is 1.90. The van der Waals surface area contributed by atoms with Crippen LogP contribution in [0.5, 0.6) is 5.75 Å². The molecular weight excluding hydrogens is 336 g/mol. The summed E-state index contributed by atoms with van der Waals surface area (Å²) in [5.41, 5.74) is 4.16. The van der Waals surface area contributed by atoms with Gasteiger partial charge < -0.3 is 4.74 Å². The Kier molecular flexibility index (Phi) is 3.06. The van der Waals surface area contributed by atoms with E-state index in [2.05, 4.69) is 78.9 Å². The smallest absolute Gasteiger partial charge is 0.128 e. The summed E-state index contributed by atoms with van der Waals surface area (Å²) in [6, 6.07) is 15.5. The van der Waals surface area contributed by atoms with Crippen molar-refractivity contribution >= 4 is 27.5 Å². The Bertz CT molecular complexity index is 1110. The molecule has 0 saturated heterocycles. The van der Waals surface area contributed by atoms with E-state index in [1.807, 2.05) is 11.3 Å². The predicted molar refractivity (Wildman–Crippen MR) is 109 cm³/mol. The van der Waals surface area contributed by atoms with Gasteiger partial charge in [-0.15, -0.1) is 11.3 Å². The van der Waals surface area contributed by atoms with Crippen LogP contribution in [0.1, 0.15) is 39.8 Å². The zero-order valence-electron chi connectivity index (χ0n) is 14.3. The van der Waals surface area contributed by atoms with Crippen molar-refractivity contribution in [3.63, 3.8) is 0 Å². The van der Waals surface area contributed by atoms with Gasteiger partial charge in [-0.05, 0) is 35.6 Å². The van der Waals surface area contributed by atoms with Crippen LogP contribution < -0.4 is 4.74 Å². The van der Waals surface area contributed by atoms with Crippen molar-refractivity contribution in [2.45, 2.75) is 24.4 Å². The zero-order valence-corrected chi connectivity index (χ0v) is 15.1. The van der Waals surface area contributed by atoms with Gasteiger partial charge in [0, 0.05) is 32.5 Å². The summed E-state index contributed by atoms with van der Waals surface area (Å²) in [5, 5.41) is 1.40. The van der Waals surface area contributed by atoms with Crippen LogP contribution in [0.4, 0.5) is 0 Å². The predicted octanol–water partition coefficient (Wildman–Crippen LogP) is 6.42. The highest BCUT2D eigenvalue weighted by atomic mass is 32.1. The number of thiophene rings is 1. The second-order valence-electron chi connectivity index (χ2n) is 7.21. The summed E-state index contributed by atoms with van der Waals surface area (Å²) in [4.78, 5) is 1.40. The average molecular weight is 354 g/mol. The van der Waals surface area contributed by atoms with Crippen molar-refractivity contribution in [2.75, 3.05) is 0 Å². The Labute approximate surface area is 156 Å². The van der Waals surface area contributed by atoms with Gasteiger partial charge in [-0.1, -0.05) is 60.7 Å². The van der Waals surface area contributed by atoms with E-state index >= 15 is 0 Å². The SMILES string of the molecule is C1=CC2Oc3c(C4CC=Cc5sc6ccccc6c54)cccc3C2C=C1. The largest absolute Gasteiger partial charge is 0.485 e. The number of hydrogen-bond donors (Lipinski definition) is 0. The summed E-state index contributed by atoms with van der Waals surface area (Å²) in [5.74, 6) is 1.84.